The molecule has 0 atom stereocenters. The number of hydrogen-bond donors (Lipinski definition) is 0. The Kier molecular flexibility index (Phi) is 5.22. The number of carbonyl (C=O) groups excluding carboxylic acids is 1. The number of ether oxygens (including phenoxy) is 1. The van der Waals surface area contributed by atoms with Gasteiger partial charge in [-0.15, -0.1) is 0 Å². The van der Waals surface area contributed by atoms with E-state index in [1.54, 1.807) is 17.2 Å². The van der Waals surface area contributed by atoms with Gasteiger partial charge in [0.05, 0.1) is 5.69 Å². The van der Waals surface area contributed by atoms with E-state index in [0.29, 0.717) is 31.9 Å². The van der Waals surface area contributed by atoms with Gasteiger partial charge < -0.3 is 14.5 Å². The lowest BCUT2D eigenvalue weighted by atomic mass is 10.2. The molecule has 2 rings (SSSR count). The second kappa shape index (κ2) is 7.14. The minimum absolute atomic E-state index is 0.302. The first kappa shape index (κ1) is 16.8. The summed E-state index contributed by atoms with van der Waals surface area (Å²) >= 11 is 0. The number of piperazine rings is 1. The number of rotatable bonds is 2. The first-order valence-corrected chi connectivity index (χ1v) is 7.65. The maximum absolute atomic E-state index is 12.0. The maximum atomic E-state index is 12.0. The molecule has 1 saturated heterocycles. The fourth-order valence-corrected chi connectivity index (χ4v) is 2.25. The molecular formula is C17H22N4O2. The normalized spacial score (nSPS) is 16.0. The highest BCUT2D eigenvalue weighted by molar-refractivity contribution is 5.68. The first-order chi connectivity index (χ1) is 10.9. The van der Waals surface area contributed by atoms with Crippen molar-refractivity contribution in [1.82, 2.24) is 14.8 Å². The molecular weight excluding hydrogens is 292 g/mol. The molecule has 0 bridgehead atoms. The summed E-state index contributed by atoms with van der Waals surface area (Å²) in [4.78, 5) is 19.9. The Morgan fingerprint density at radius 1 is 1.26 bits per heavy atom. The smallest absolute Gasteiger partial charge is 0.410 e. The molecule has 0 aromatic carbocycles. The van der Waals surface area contributed by atoms with Crippen LogP contribution in [0.5, 0.6) is 0 Å². The molecule has 0 saturated carbocycles. The summed E-state index contributed by atoms with van der Waals surface area (Å²) in [6.07, 6.45) is 3.16. The second-order valence-electron chi connectivity index (χ2n) is 6.35. The summed E-state index contributed by atoms with van der Waals surface area (Å²) in [7, 11) is 0. The van der Waals surface area contributed by atoms with E-state index in [-0.39, 0.29) is 6.09 Å². The molecule has 2 heterocycles. The topological polar surface area (TPSA) is 69.5 Å². The zero-order chi connectivity index (χ0) is 16.9. The van der Waals surface area contributed by atoms with E-state index in [9.17, 15) is 10.1 Å². The van der Waals surface area contributed by atoms with Crippen molar-refractivity contribution in [2.24, 2.45) is 0 Å². The molecule has 0 aliphatic carbocycles. The van der Waals surface area contributed by atoms with Crippen LogP contribution in [-0.2, 0) is 4.74 Å². The van der Waals surface area contributed by atoms with Crippen LogP contribution in [-0.4, -0.2) is 52.7 Å². The number of pyridine rings is 1. The van der Waals surface area contributed by atoms with E-state index < -0.39 is 5.60 Å². The van der Waals surface area contributed by atoms with Crippen LogP contribution in [0.15, 0.2) is 30.1 Å². The highest BCUT2D eigenvalue weighted by atomic mass is 16.6. The molecule has 0 spiro atoms. The number of nitriles is 1. The monoisotopic (exact) mass is 314 g/mol. The maximum Gasteiger partial charge on any atom is 0.410 e. The van der Waals surface area contributed by atoms with Crippen LogP contribution < -0.4 is 0 Å². The Morgan fingerprint density at radius 2 is 1.91 bits per heavy atom. The second-order valence-corrected chi connectivity index (χ2v) is 6.35. The molecule has 23 heavy (non-hydrogen) atoms. The summed E-state index contributed by atoms with van der Waals surface area (Å²) in [5.74, 6) is 0. The fraction of sp³-hybridized carbons (Fsp3) is 0.471. The lowest BCUT2D eigenvalue weighted by Crippen LogP contribution is -2.49. The molecule has 1 amide bonds. The van der Waals surface area contributed by atoms with Crippen molar-refractivity contribution in [3.05, 3.63) is 35.8 Å². The molecule has 1 aromatic rings. The predicted molar refractivity (Wildman–Crippen MR) is 87.2 cm³/mol. The third kappa shape index (κ3) is 4.99. The summed E-state index contributed by atoms with van der Waals surface area (Å²) in [6.45, 7) is 7.84. The number of hydrogen-bond acceptors (Lipinski definition) is 5. The van der Waals surface area contributed by atoms with Gasteiger partial charge in [-0.2, -0.15) is 5.26 Å². The van der Waals surface area contributed by atoms with Gasteiger partial charge in [-0.25, -0.2) is 4.79 Å². The van der Waals surface area contributed by atoms with Gasteiger partial charge in [0.25, 0.3) is 0 Å². The Labute approximate surface area is 137 Å². The van der Waals surface area contributed by atoms with Crippen molar-refractivity contribution in [1.29, 1.82) is 5.26 Å². The first-order valence-electron chi connectivity index (χ1n) is 7.65. The molecule has 1 fully saturated rings. The van der Waals surface area contributed by atoms with Crippen molar-refractivity contribution in [3.8, 4) is 6.07 Å². The molecule has 6 nitrogen and oxygen atoms in total. The lowest BCUT2D eigenvalue weighted by Gasteiger charge is -2.36. The molecule has 1 aliphatic heterocycles. The van der Waals surface area contributed by atoms with Crippen LogP contribution in [0, 0.1) is 11.3 Å². The number of allylic oxidation sites excluding steroid dienone is 1. The molecule has 6 heteroatoms. The third-order valence-electron chi connectivity index (χ3n) is 3.36. The molecule has 1 aromatic heterocycles. The summed E-state index contributed by atoms with van der Waals surface area (Å²) in [5, 5.41) is 9.37. The van der Waals surface area contributed by atoms with Crippen molar-refractivity contribution >= 4 is 12.2 Å². The van der Waals surface area contributed by atoms with Crippen LogP contribution in [0.2, 0.25) is 0 Å². The van der Waals surface area contributed by atoms with Gasteiger partial charge in [-0.1, -0.05) is 6.07 Å². The van der Waals surface area contributed by atoms with Crippen LogP contribution in [0.1, 0.15) is 26.5 Å². The van der Waals surface area contributed by atoms with E-state index >= 15 is 0 Å². The van der Waals surface area contributed by atoms with Gasteiger partial charge in [0.15, 0.2) is 0 Å². The quantitative estimate of drug-likeness (QED) is 0.784. The largest absolute Gasteiger partial charge is 0.444 e. The van der Waals surface area contributed by atoms with Gasteiger partial charge in [-0.05, 0) is 39.0 Å². The van der Waals surface area contributed by atoms with Gasteiger partial charge >= 0.3 is 6.09 Å². The predicted octanol–water partition coefficient (Wildman–Crippen LogP) is 2.50. The van der Waals surface area contributed by atoms with E-state index in [0.717, 1.165) is 5.69 Å². The lowest BCUT2D eigenvalue weighted by molar-refractivity contribution is 0.0172. The minimum Gasteiger partial charge on any atom is -0.444 e. The zero-order valence-corrected chi connectivity index (χ0v) is 13.8. The Bertz CT molecular complexity index is 606. The molecule has 122 valence electrons. The Morgan fingerprint density at radius 3 is 2.43 bits per heavy atom. The number of amides is 1. The summed E-state index contributed by atoms with van der Waals surface area (Å²) in [5.41, 5.74) is 0.816. The van der Waals surface area contributed by atoms with Gasteiger partial charge in [0, 0.05) is 32.4 Å². The van der Waals surface area contributed by atoms with E-state index in [4.69, 9.17) is 4.74 Å². The number of aromatic nitrogens is 1. The SMILES string of the molecule is CC(C)(C)OC(=O)N1CCN(/C(C#N)=C/c2ccccn2)CC1. The van der Waals surface area contributed by atoms with Crippen molar-refractivity contribution in [2.75, 3.05) is 26.2 Å². The molecule has 0 unspecified atom stereocenters. The molecule has 0 N–H and O–H groups in total. The molecule has 1 aliphatic rings. The molecule has 0 radical (unpaired) electrons. The Hall–Kier alpha value is -2.55. The van der Waals surface area contributed by atoms with Crippen LogP contribution in [0.4, 0.5) is 4.79 Å². The van der Waals surface area contributed by atoms with Gasteiger partial charge in [-0.3, -0.25) is 4.98 Å². The highest BCUT2D eigenvalue weighted by Crippen LogP contribution is 2.15. The van der Waals surface area contributed by atoms with E-state index in [1.807, 2.05) is 43.9 Å². The third-order valence-corrected chi connectivity index (χ3v) is 3.36. The summed E-state index contributed by atoms with van der Waals surface area (Å²) in [6, 6.07) is 7.79. The van der Waals surface area contributed by atoms with Gasteiger partial charge in [0.1, 0.15) is 17.4 Å². The van der Waals surface area contributed by atoms with Crippen molar-refractivity contribution < 1.29 is 9.53 Å². The van der Waals surface area contributed by atoms with Crippen molar-refractivity contribution in [3.63, 3.8) is 0 Å². The highest BCUT2D eigenvalue weighted by Gasteiger charge is 2.26. The van der Waals surface area contributed by atoms with Crippen LogP contribution >= 0.6 is 0 Å². The Balaban J connectivity index is 1.97. The number of nitrogens with zero attached hydrogens (tertiary/aromatic N) is 4. The standard InChI is InChI=1S/C17H22N4O2/c1-17(2,3)23-16(22)21-10-8-20(9-11-21)15(13-18)12-14-6-4-5-7-19-14/h4-7,12H,8-11H2,1-3H3/b15-12+. The van der Waals surface area contributed by atoms with Gasteiger partial charge in [0.2, 0.25) is 0 Å². The average Bonchev–Trinajstić information content (AvgIpc) is 2.52. The minimum atomic E-state index is -0.495. The van der Waals surface area contributed by atoms with Crippen LogP contribution in [0.25, 0.3) is 6.08 Å². The fourth-order valence-electron chi connectivity index (χ4n) is 2.25. The average molecular weight is 314 g/mol. The summed E-state index contributed by atoms with van der Waals surface area (Å²) < 4.78 is 5.37. The zero-order valence-electron chi connectivity index (χ0n) is 13.8. The number of carbonyl (C=O) groups is 1. The van der Waals surface area contributed by atoms with Crippen molar-refractivity contribution in [2.45, 2.75) is 26.4 Å². The van der Waals surface area contributed by atoms with E-state index in [1.165, 1.54) is 0 Å². The van der Waals surface area contributed by atoms with E-state index in [2.05, 4.69) is 11.1 Å². The van der Waals surface area contributed by atoms with Crippen LogP contribution in [0.3, 0.4) is 0 Å².